The van der Waals surface area contributed by atoms with Crippen molar-refractivity contribution in [3.63, 3.8) is 0 Å². The number of benzene rings is 2. The van der Waals surface area contributed by atoms with Gasteiger partial charge in [0.15, 0.2) is 0 Å². The summed E-state index contributed by atoms with van der Waals surface area (Å²) in [5.74, 6) is 0. The summed E-state index contributed by atoms with van der Waals surface area (Å²) in [5, 5.41) is 11.6. The van der Waals surface area contributed by atoms with Gasteiger partial charge in [-0.2, -0.15) is 0 Å². The second-order valence-electron chi connectivity index (χ2n) is 4.91. The van der Waals surface area contributed by atoms with Gasteiger partial charge in [-0.05, 0) is 35.4 Å². The Morgan fingerprint density at radius 2 is 1.65 bits per heavy atom. The minimum Gasteiger partial charge on any atom is -0.388 e. The third kappa shape index (κ3) is 3.45. The molecule has 0 heterocycles. The molecule has 106 valence electrons. The van der Waals surface area contributed by atoms with E-state index in [-0.39, 0.29) is 0 Å². The van der Waals surface area contributed by atoms with E-state index in [9.17, 15) is 5.11 Å². The minimum atomic E-state index is -0.632. The Bertz CT molecular complexity index is 579. The highest BCUT2D eigenvalue weighted by atomic mass is 35.5. The van der Waals surface area contributed by atoms with Gasteiger partial charge in [0.1, 0.15) is 0 Å². The largest absolute Gasteiger partial charge is 0.388 e. The third-order valence-corrected chi connectivity index (χ3v) is 3.94. The Labute approximate surface area is 129 Å². The van der Waals surface area contributed by atoms with Crippen molar-refractivity contribution >= 4 is 28.9 Å². The molecule has 20 heavy (non-hydrogen) atoms. The topological polar surface area (TPSA) is 23.5 Å². The summed E-state index contributed by atoms with van der Waals surface area (Å²) in [7, 11) is 3.94. The molecule has 0 spiro atoms. The van der Waals surface area contributed by atoms with Gasteiger partial charge in [-0.3, -0.25) is 0 Å². The number of aliphatic hydroxyl groups excluding tert-OH is 1. The summed E-state index contributed by atoms with van der Waals surface area (Å²) in [6, 6.07) is 13.2. The molecule has 0 aliphatic carbocycles. The molecule has 2 nitrogen and oxygen atoms in total. The summed E-state index contributed by atoms with van der Waals surface area (Å²) in [5.41, 5.74) is 2.68. The molecule has 0 radical (unpaired) electrons. The molecular weight excluding hydrogens is 293 g/mol. The zero-order valence-electron chi connectivity index (χ0n) is 11.5. The Balaban J connectivity index is 2.24. The van der Waals surface area contributed by atoms with Crippen LogP contribution in [0.5, 0.6) is 0 Å². The van der Waals surface area contributed by atoms with Gasteiger partial charge in [0.2, 0.25) is 0 Å². The van der Waals surface area contributed by atoms with Gasteiger partial charge >= 0.3 is 0 Å². The van der Waals surface area contributed by atoms with E-state index in [4.69, 9.17) is 23.2 Å². The van der Waals surface area contributed by atoms with Crippen molar-refractivity contribution in [2.75, 3.05) is 19.0 Å². The maximum absolute atomic E-state index is 10.4. The molecule has 0 fully saturated rings. The van der Waals surface area contributed by atoms with Crippen LogP contribution in [0.15, 0.2) is 42.5 Å². The first-order valence-corrected chi connectivity index (χ1v) is 7.13. The number of rotatable bonds is 4. The van der Waals surface area contributed by atoms with Crippen molar-refractivity contribution in [1.29, 1.82) is 0 Å². The van der Waals surface area contributed by atoms with Crippen LogP contribution in [0.1, 0.15) is 17.2 Å². The first-order chi connectivity index (χ1) is 9.49. The molecule has 0 aliphatic rings. The highest BCUT2D eigenvalue weighted by molar-refractivity contribution is 6.36. The van der Waals surface area contributed by atoms with Gasteiger partial charge in [0, 0.05) is 36.2 Å². The maximum atomic E-state index is 10.4. The fraction of sp³-hybridized carbons (Fsp3) is 0.250. The quantitative estimate of drug-likeness (QED) is 0.908. The molecule has 0 bridgehead atoms. The van der Waals surface area contributed by atoms with E-state index in [1.54, 1.807) is 18.2 Å². The lowest BCUT2D eigenvalue weighted by Gasteiger charge is -2.17. The molecule has 0 saturated heterocycles. The molecule has 1 atom stereocenters. The SMILES string of the molecule is CN(C)c1cccc(C(O)Cc2c(Cl)cccc2Cl)c1. The Kier molecular flexibility index (Phi) is 4.92. The van der Waals surface area contributed by atoms with Crippen molar-refractivity contribution in [2.24, 2.45) is 0 Å². The van der Waals surface area contributed by atoms with Crippen molar-refractivity contribution in [2.45, 2.75) is 12.5 Å². The summed E-state index contributed by atoms with van der Waals surface area (Å²) >= 11 is 12.3. The van der Waals surface area contributed by atoms with Crippen LogP contribution in [0.25, 0.3) is 0 Å². The standard InChI is InChI=1S/C16H17Cl2NO/c1-19(2)12-6-3-5-11(9-12)16(20)10-13-14(17)7-4-8-15(13)18/h3-9,16,20H,10H2,1-2H3. The number of aliphatic hydroxyl groups is 1. The monoisotopic (exact) mass is 309 g/mol. The third-order valence-electron chi connectivity index (χ3n) is 3.23. The normalized spacial score (nSPS) is 12.2. The van der Waals surface area contributed by atoms with E-state index in [0.717, 1.165) is 16.8 Å². The van der Waals surface area contributed by atoms with E-state index in [1.165, 1.54) is 0 Å². The second kappa shape index (κ2) is 6.49. The van der Waals surface area contributed by atoms with Crippen LogP contribution in [0.2, 0.25) is 10.0 Å². The number of hydrogen-bond acceptors (Lipinski definition) is 2. The first-order valence-electron chi connectivity index (χ1n) is 6.37. The molecule has 0 aliphatic heterocycles. The lowest BCUT2D eigenvalue weighted by molar-refractivity contribution is 0.178. The molecule has 0 aromatic heterocycles. The van der Waals surface area contributed by atoms with Gasteiger partial charge in [-0.15, -0.1) is 0 Å². The van der Waals surface area contributed by atoms with Crippen LogP contribution in [-0.2, 0) is 6.42 Å². The number of anilines is 1. The molecule has 1 N–H and O–H groups in total. The summed E-state index contributed by atoms with van der Waals surface area (Å²) < 4.78 is 0. The van der Waals surface area contributed by atoms with E-state index in [2.05, 4.69) is 0 Å². The van der Waals surface area contributed by atoms with Crippen LogP contribution < -0.4 is 4.90 Å². The number of hydrogen-bond donors (Lipinski definition) is 1. The number of nitrogens with zero attached hydrogens (tertiary/aromatic N) is 1. The lowest BCUT2D eigenvalue weighted by atomic mass is 10.0. The zero-order chi connectivity index (χ0) is 14.7. The Morgan fingerprint density at radius 1 is 1.05 bits per heavy atom. The van der Waals surface area contributed by atoms with Crippen molar-refractivity contribution in [3.8, 4) is 0 Å². The maximum Gasteiger partial charge on any atom is 0.0832 e. The van der Waals surface area contributed by atoms with E-state index in [0.29, 0.717) is 16.5 Å². The van der Waals surface area contributed by atoms with E-state index >= 15 is 0 Å². The second-order valence-corrected chi connectivity index (χ2v) is 5.72. The minimum absolute atomic E-state index is 0.398. The number of halogens is 2. The van der Waals surface area contributed by atoms with Gasteiger partial charge in [-0.1, -0.05) is 41.4 Å². The summed E-state index contributed by atoms with van der Waals surface area (Å²) in [6.07, 6.45) is -0.234. The average molecular weight is 310 g/mol. The fourth-order valence-corrected chi connectivity index (χ4v) is 2.60. The highest BCUT2D eigenvalue weighted by Gasteiger charge is 2.14. The molecular formula is C16H17Cl2NO. The molecule has 2 aromatic rings. The average Bonchev–Trinajstić information content (AvgIpc) is 2.43. The van der Waals surface area contributed by atoms with Crippen LogP contribution in [0, 0.1) is 0 Å². The van der Waals surface area contributed by atoms with Crippen LogP contribution in [0.4, 0.5) is 5.69 Å². The predicted molar refractivity (Wildman–Crippen MR) is 85.9 cm³/mol. The smallest absolute Gasteiger partial charge is 0.0832 e. The van der Waals surface area contributed by atoms with Gasteiger partial charge < -0.3 is 10.0 Å². The Morgan fingerprint density at radius 3 is 2.25 bits per heavy atom. The van der Waals surface area contributed by atoms with Crippen molar-refractivity contribution in [3.05, 3.63) is 63.6 Å². The van der Waals surface area contributed by atoms with E-state index < -0.39 is 6.10 Å². The van der Waals surface area contributed by atoms with Crippen molar-refractivity contribution in [1.82, 2.24) is 0 Å². The fourth-order valence-electron chi connectivity index (χ4n) is 2.05. The molecule has 1 unspecified atom stereocenters. The summed E-state index contributed by atoms with van der Waals surface area (Å²) in [6.45, 7) is 0. The van der Waals surface area contributed by atoms with Gasteiger partial charge in [0.05, 0.1) is 6.10 Å². The van der Waals surface area contributed by atoms with Crippen LogP contribution in [0.3, 0.4) is 0 Å². The van der Waals surface area contributed by atoms with Crippen LogP contribution in [-0.4, -0.2) is 19.2 Å². The lowest BCUT2D eigenvalue weighted by Crippen LogP contribution is -2.10. The van der Waals surface area contributed by atoms with Gasteiger partial charge in [-0.25, -0.2) is 0 Å². The molecule has 2 rings (SSSR count). The predicted octanol–water partition coefficient (Wildman–Crippen LogP) is 4.34. The van der Waals surface area contributed by atoms with Crippen molar-refractivity contribution < 1.29 is 5.11 Å². The van der Waals surface area contributed by atoms with Gasteiger partial charge in [0.25, 0.3) is 0 Å². The van der Waals surface area contributed by atoms with Crippen LogP contribution >= 0.6 is 23.2 Å². The molecule has 2 aromatic carbocycles. The zero-order valence-corrected chi connectivity index (χ0v) is 13.0. The summed E-state index contributed by atoms with van der Waals surface area (Å²) in [4.78, 5) is 2.00. The molecule has 0 amide bonds. The molecule has 0 saturated carbocycles. The molecule has 4 heteroatoms. The first kappa shape index (κ1) is 15.2. The Hall–Kier alpha value is -1.22. The highest BCUT2D eigenvalue weighted by Crippen LogP contribution is 2.30. The van der Waals surface area contributed by atoms with E-state index in [1.807, 2.05) is 43.3 Å².